The Bertz CT molecular complexity index is 1250. The minimum Gasteiger partial charge on any atom is -0.494 e. The van der Waals surface area contributed by atoms with Gasteiger partial charge in [-0.3, -0.25) is 4.79 Å². The van der Waals surface area contributed by atoms with Gasteiger partial charge in [0.25, 0.3) is 5.91 Å². The number of carbonyl (C=O) groups excluding carboxylic acids is 1. The van der Waals surface area contributed by atoms with Gasteiger partial charge >= 0.3 is 0 Å². The average Bonchev–Trinajstić information content (AvgIpc) is 3.61. The number of rotatable bonds is 28. The molecule has 1 aromatic heterocycles. The highest BCUT2D eigenvalue weighted by Crippen LogP contribution is 2.24. The Morgan fingerprint density at radius 1 is 0.646 bits per heavy atom. The van der Waals surface area contributed by atoms with Crippen LogP contribution >= 0.6 is 0 Å². The molecule has 1 heterocycles. The zero-order valence-electron chi connectivity index (χ0n) is 29.9. The van der Waals surface area contributed by atoms with E-state index in [0.717, 1.165) is 48.7 Å². The summed E-state index contributed by atoms with van der Waals surface area (Å²) in [7, 11) is 0. The van der Waals surface area contributed by atoms with Crippen LogP contribution in [0.5, 0.6) is 11.5 Å². The molecule has 0 fully saturated rings. The number of hydrogen-bond donors (Lipinski definition) is 1. The number of unbranched alkanes of at least 4 members (excludes halogenated alkanes) is 18. The number of ether oxygens (including phenoxy) is 2. The molecule has 7 nitrogen and oxygen atoms in total. The van der Waals surface area contributed by atoms with Gasteiger partial charge in [-0.05, 0) is 66.9 Å². The first-order valence-corrected chi connectivity index (χ1v) is 19.0. The fraction of sp³-hybridized carbons (Fsp3) is 0.585. The Morgan fingerprint density at radius 2 is 1.08 bits per heavy atom. The summed E-state index contributed by atoms with van der Waals surface area (Å²) in [4.78, 5) is 12.6. The molecule has 0 saturated heterocycles. The van der Waals surface area contributed by atoms with Gasteiger partial charge < -0.3 is 14.0 Å². The summed E-state index contributed by atoms with van der Waals surface area (Å²) in [5.41, 5.74) is 4.37. The van der Waals surface area contributed by atoms with E-state index in [1.54, 1.807) is 12.3 Å². The third kappa shape index (κ3) is 17.0. The normalized spacial score (nSPS) is 11.3. The monoisotopic (exact) mass is 659 g/mol. The predicted octanol–water partition coefficient (Wildman–Crippen LogP) is 11.7. The van der Waals surface area contributed by atoms with E-state index >= 15 is 0 Å². The quantitative estimate of drug-likeness (QED) is 0.0476. The third-order valence-electron chi connectivity index (χ3n) is 8.67. The van der Waals surface area contributed by atoms with Crippen LogP contribution in [0.25, 0.3) is 11.3 Å². The van der Waals surface area contributed by atoms with Gasteiger partial charge in [0.2, 0.25) is 0 Å². The number of carbonyl (C=O) groups is 1. The first-order chi connectivity index (χ1) is 23.7. The van der Waals surface area contributed by atoms with Crippen molar-refractivity contribution in [1.82, 2.24) is 10.6 Å². The molecule has 0 radical (unpaired) electrons. The Kier molecular flexibility index (Phi) is 20.6. The molecule has 1 amide bonds. The van der Waals surface area contributed by atoms with Gasteiger partial charge in [0, 0.05) is 11.6 Å². The second kappa shape index (κ2) is 25.4. The predicted molar refractivity (Wildman–Crippen MR) is 198 cm³/mol. The molecule has 3 aromatic rings. The van der Waals surface area contributed by atoms with Crippen molar-refractivity contribution in [2.45, 2.75) is 142 Å². The minimum absolute atomic E-state index is 0.166. The van der Waals surface area contributed by atoms with Crippen molar-refractivity contribution < 1.29 is 18.8 Å². The fourth-order valence-corrected chi connectivity index (χ4v) is 5.67. The van der Waals surface area contributed by atoms with Gasteiger partial charge in [-0.15, -0.1) is 0 Å². The Hall–Kier alpha value is -3.61. The van der Waals surface area contributed by atoms with E-state index in [9.17, 15) is 4.79 Å². The summed E-state index contributed by atoms with van der Waals surface area (Å²) in [6, 6.07) is 17.0. The van der Waals surface area contributed by atoms with Gasteiger partial charge in [-0.2, -0.15) is 5.10 Å². The lowest BCUT2D eigenvalue weighted by Gasteiger charge is -2.07. The van der Waals surface area contributed by atoms with Crippen molar-refractivity contribution in [2.24, 2.45) is 5.10 Å². The first kappa shape index (κ1) is 38.8. The maximum absolute atomic E-state index is 12.6. The van der Waals surface area contributed by atoms with E-state index in [1.807, 2.05) is 48.5 Å². The van der Waals surface area contributed by atoms with Gasteiger partial charge in [0.1, 0.15) is 11.5 Å². The van der Waals surface area contributed by atoms with E-state index in [2.05, 4.69) is 29.5 Å². The number of hydrogen-bond acceptors (Lipinski definition) is 6. The van der Waals surface area contributed by atoms with Crippen LogP contribution in [0.3, 0.4) is 0 Å². The fourth-order valence-electron chi connectivity index (χ4n) is 5.67. The largest absolute Gasteiger partial charge is 0.494 e. The van der Waals surface area contributed by atoms with Crippen molar-refractivity contribution in [3.8, 4) is 22.8 Å². The molecule has 0 aliphatic rings. The number of nitrogens with zero attached hydrogens (tertiary/aromatic N) is 2. The molecular formula is C41H61N3O4. The maximum atomic E-state index is 12.6. The lowest BCUT2D eigenvalue weighted by molar-refractivity contribution is 0.0946. The Labute approximate surface area is 290 Å². The summed E-state index contributed by atoms with van der Waals surface area (Å²) in [5.74, 6) is 1.75. The zero-order valence-corrected chi connectivity index (χ0v) is 29.9. The summed E-state index contributed by atoms with van der Waals surface area (Å²) in [6.45, 7) is 5.98. The number of amides is 1. The molecule has 7 heteroatoms. The van der Waals surface area contributed by atoms with E-state index in [4.69, 9.17) is 14.0 Å². The number of hydrazone groups is 1. The minimum atomic E-state index is -0.436. The number of benzene rings is 2. The van der Waals surface area contributed by atoms with Crippen LogP contribution in [0.1, 0.15) is 158 Å². The van der Waals surface area contributed by atoms with Crippen molar-refractivity contribution >= 4 is 12.1 Å². The van der Waals surface area contributed by atoms with Gasteiger partial charge in [0.05, 0.1) is 19.4 Å². The molecular weight excluding hydrogens is 598 g/mol. The number of nitrogens with one attached hydrogen (secondary N) is 1. The highest BCUT2D eigenvalue weighted by Gasteiger charge is 2.13. The van der Waals surface area contributed by atoms with Gasteiger partial charge in [0.15, 0.2) is 11.5 Å². The molecule has 0 spiro atoms. The lowest BCUT2D eigenvalue weighted by Crippen LogP contribution is -2.17. The Morgan fingerprint density at radius 3 is 1.56 bits per heavy atom. The third-order valence-corrected chi connectivity index (χ3v) is 8.67. The van der Waals surface area contributed by atoms with Crippen LogP contribution in [0.2, 0.25) is 0 Å². The van der Waals surface area contributed by atoms with Crippen LogP contribution in [-0.2, 0) is 0 Å². The van der Waals surface area contributed by atoms with Crippen molar-refractivity contribution in [2.75, 3.05) is 13.2 Å². The molecule has 0 bridgehead atoms. The van der Waals surface area contributed by atoms with Crippen LogP contribution in [0.15, 0.2) is 64.2 Å². The highest BCUT2D eigenvalue weighted by atomic mass is 16.5. The maximum Gasteiger partial charge on any atom is 0.293 e. The SMILES string of the molecule is CCCCCCCCCCCCOc1ccc(/C=N/NC(=O)c2cc(-c3ccc(OCCCCCCCCCCCC)cc3)on2)cc1. The van der Waals surface area contributed by atoms with Gasteiger partial charge in [-0.1, -0.05) is 135 Å². The van der Waals surface area contributed by atoms with E-state index in [-0.39, 0.29) is 5.69 Å². The van der Waals surface area contributed by atoms with E-state index in [1.165, 1.54) is 116 Å². The summed E-state index contributed by atoms with van der Waals surface area (Å²) in [5, 5.41) is 8.00. The van der Waals surface area contributed by atoms with Crippen LogP contribution in [0.4, 0.5) is 0 Å². The molecule has 0 unspecified atom stereocenters. The lowest BCUT2D eigenvalue weighted by atomic mass is 10.1. The van der Waals surface area contributed by atoms with Crippen molar-refractivity contribution in [3.63, 3.8) is 0 Å². The molecule has 264 valence electrons. The second-order valence-electron chi connectivity index (χ2n) is 12.9. The number of aromatic nitrogens is 1. The molecule has 2 aromatic carbocycles. The van der Waals surface area contributed by atoms with Crippen molar-refractivity contribution in [3.05, 3.63) is 65.9 Å². The van der Waals surface area contributed by atoms with Crippen LogP contribution < -0.4 is 14.9 Å². The molecule has 0 saturated carbocycles. The van der Waals surface area contributed by atoms with E-state index < -0.39 is 5.91 Å². The first-order valence-electron chi connectivity index (χ1n) is 19.0. The smallest absolute Gasteiger partial charge is 0.293 e. The average molecular weight is 660 g/mol. The van der Waals surface area contributed by atoms with E-state index in [0.29, 0.717) is 5.76 Å². The summed E-state index contributed by atoms with van der Waals surface area (Å²) >= 11 is 0. The zero-order chi connectivity index (χ0) is 33.9. The molecule has 1 N–H and O–H groups in total. The standard InChI is InChI=1S/C41H61N3O4/c1-3-5-7-9-11-13-15-17-19-21-31-46-37-27-23-35(24-28-37)34-42-43-41(45)39-33-40(48-44-39)36-25-29-38(30-26-36)47-32-22-20-18-16-14-12-10-8-6-4-2/h23-30,33-34H,3-22,31-32H2,1-2H3,(H,43,45)/b42-34+. The summed E-state index contributed by atoms with van der Waals surface area (Å²) < 4.78 is 17.2. The second-order valence-corrected chi connectivity index (χ2v) is 12.9. The molecule has 48 heavy (non-hydrogen) atoms. The van der Waals surface area contributed by atoms with Crippen LogP contribution in [0, 0.1) is 0 Å². The molecule has 0 aliphatic heterocycles. The Balaban J connectivity index is 1.26. The van der Waals surface area contributed by atoms with Crippen molar-refractivity contribution in [1.29, 1.82) is 0 Å². The highest BCUT2D eigenvalue weighted by molar-refractivity contribution is 5.93. The van der Waals surface area contributed by atoms with Gasteiger partial charge in [-0.25, -0.2) is 5.43 Å². The molecule has 0 atom stereocenters. The van der Waals surface area contributed by atoms with Crippen LogP contribution in [-0.4, -0.2) is 30.5 Å². The topological polar surface area (TPSA) is 86.0 Å². The molecule has 3 rings (SSSR count). The molecule has 0 aliphatic carbocycles. The summed E-state index contributed by atoms with van der Waals surface area (Å²) in [6.07, 6.45) is 27.8.